The van der Waals surface area contributed by atoms with Gasteiger partial charge in [0.05, 0.1) is 7.11 Å². The van der Waals surface area contributed by atoms with E-state index in [2.05, 4.69) is 32.8 Å². The standard InChI is InChI=1S/C21H19BrClN5O/c1-11(21-27-19(22)17-20(24)26-7-8-28(17)21)14-9-15(23)12(2)16(18(14)29-3)13-5-4-6-25-10-13/h4-11H,1-3H3,(H2,24,26)/t11-/m1/s1. The fraction of sp³-hybridized carbons (Fsp3) is 0.190. The zero-order valence-electron chi connectivity index (χ0n) is 16.1. The van der Waals surface area contributed by atoms with Gasteiger partial charge in [0.15, 0.2) is 5.82 Å². The zero-order valence-corrected chi connectivity index (χ0v) is 18.5. The van der Waals surface area contributed by atoms with Crippen LogP contribution in [0.5, 0.6) is 5.75 Å². The van der Waals surface area contributed by atoms with Crippen LogP contribution in [0.4, 0.5) is 5.82 Å². The molecule has 4 rings (SSSR count). The minimum atomic E-state index is -0.126. The number of anilines is 1. The van der Waals surface area contributed by atoms with E-state index in [0.717, 1.165) is 39.3 Å². The monoisotopic (exact) mass is 471 g/mol. The number of methoxy groups -OCH3 is 1. The Morgan fingerprint density at radius 3 is 2.79 bits per heavy atom. The first kappa shape index (κ1) is 19.7. The van der Waals surface area contributed by atoms with Crippen LogP contribution in [-0.4, -0.2) is 26.5 Å². The molecule has 148 valence electrons. The van der Waals surface area contributed by atoms with Crippen LogP contribution in [0, 0.1) is 6.92 Å². The Labute approximate surface area is 181 Å². The van der Waals surface area contributed by atoms with Gasteiger partial charge >= 0.3 is 0 Å². The molecule has 0 aliphatic carbocycles. The Morgan fingerprint density at radius 1 is 1.31 bits per heavy atom. The summed E-state index contributed by atoms with van der Waals surface area (Å²) < 4.78 is 8.47. The van der Waals surface area contributed by atoms with Gasteiger partial charge in [0, 0.05) is 52.4 Å². The molecule has 0 bridgehead atoms. The van der Waals surface area contributed by atoms with Crippen molar-refractivity contribution in [1.29, 1.82) is 0 Å². The molecule has 0 aliphatic heterocycles. The molecular formula is C21H19BrClN5O. The van der Waals surface area contributed by atoms with Gasteiger partial charge in [-0.2, -0.15) is 0 Å². The molecule has 0 aliphatic rings. The van der Waals surface area contributed by atoms with Crippen LogP contribution < -0.4 is 10.5 Å². The maximum atomic E-state index is 6.64. The lowest BCUT2D eigenvalue weighted by atomic mass is 9.91. The summed E-state index contributed by atoms with van der Waals surface area (Å²) in [6.07, 6.45) is 7.06. The Balaban J connectivity index is 1.97. The topological polar surface area (TPSA) is 78.3 Å². The Hall–Kier alpha value is -2.64. The average molecular weight is 473 g/mol. The molecule has 0 unspecified atom stereocenters. The van der Waals surface area contributed by atoms with Crippen LogP contribution in [0.3, 0.4) is 0 Å². The van der Waals surface area contributed by atoms with Gasteiger partial charge < -0.3 is 10.5 Å². The van der Waals surface area contributed by atoms with Crippen molar-refractivity contribution >= 4 is 38.9 Å². The predicted molar refractivity (Wildman–Crippen MR) is 119 cm³/mol. The van der Waals surface area contributed by atoms with E-state index in [0.29, 0.717) is 15.4 Å². The van der Waals surface area contributed by atoms with Crippen molar-refractivity contribution < 1.29 is 4.74 Å². The number of hydrogen-bond donors (Lipinski definition) is 1. The second-order valence-electron chi connectivity index (χ2n) is 6.74. The molecule has 0 saturated heterocycles. The summed E-state index contributed by atoms with van der Waals surface area (Å²) in [7, 11) is 1.67. The van der Waals surface area contributed by atoms with Crippen molar-refractivity contribution in [2.24, 2.45) is 0 Å². The summed E-state index contributed by atoms with van der Waals surface area (Å²) >= 11 is 10.1. The molecule has 4 aromatic rings. The van der Waals surface area contributed by atoms with Crippen molar-refractivity contribution in [2.75, 3.05) is 12.8 Å². The lowest BCUT2D eigenvalue weighted by Gasteiger charge is -2.21. The maximum Gasteiger partial charge on any atom is 0.150 e. The summed E-state index contributed by atoms with van der Waals surface area (Å²) in [5.41, 5.74) is 10.5. The van der Waals surface area contributed by atoms with E-state index in [9.17, 15) is 0 Å². The molecule has 0 amide bonds. The first-order valence-electron chi connectivity index (χ1n) is 8.99. The van der Waals surface area contributed by atoms with E-state index < -0.39 is 0 Å². The molecule has 8 heteroatoms. The van der Waals surface area contributed by atoms with Crippen molar-refractivity contribution in [1.82, 2.24) is 19.4 Å². The van der Waals surface area contributed by atoms with Crippen LogP contribution in [0.15, 0.2) is 47.6 Å². The van der Waals surface area contributed by atoms with Crippen LogP contribution in [0.25, 0.3) is 16.6 Å². The van der Waals surface area contributed by atoms with Crippen molar-refractivity contribution in [3.63, 3.8) is 0 Å². The summed E-state index contributed by atoms with van der Waals surface area (Å²) in [6.45, 7) is 4.05. The van der Waals surface area contributed by atoms with E-state index in [1.807, 2.05) is 41.9 Å². The van der Waals surface area contributed by atoms with Crippen molar-refractivity contribution in [3.05, 3.63) is 69.6 Å². The number of pyridine rings is 1. The van der Waals surface area contributed by atoms with Gasteiger partial charge in [-0.15, -0.1) is 0 Å². The van der Waals surface area contributed by atoms with E-state index >= 15 is 0 Å². The molecule has 6 nitrogen and oxygen atoms in total. The van der Waals surface area contributed by atoms with Gasteiger partial charge in [0.2, 0.25) is 0 Å². The minimum absolute atomic E-state index is 0.126. The molecular weight excluding hydrogens is 454 g/mol. The number of ether oxygens (including phenoxy) is 1. The number of imidazole rings is 1. The SMILES string of the molecule is COc1c([C@@H](C)c2nc(Br)c3c(N)nccn23)cc(Cl)c(C)c1-c1cccnc1. The van der Waals surface area contributed by atoms with Gasteiger partial charge in [-0.3, -0.25) is 9.38 Å². The lowest BCUT2D eigenvalue weighted by molar-refractivity contribution is 0.409. The van der Waals surface area contributed by atoms with Gasteiger partial charge in [-0.1, -0.05) is 24.6 Å². The average Bonchev–Trinajstić information content (AvgIpc) is 3.07. The number of nitrogens with two attached hydrogens (primary N) is 1. The van der Waals surface area contributed by atoms with E-state index in [4.69, 9.17) is 27.1 Å². The highest BCUT2D eigenvalue weighted by Crippen LogP contribution is 2.44. The van der Waals surface area contributed by atoms with Crippen LogP contribution in [0.1, 0.15) is 29.8 Å². The molecule has 0 radical (unpaired) electrons. The molecule has 1 aromatic carbocycles. The number of halogens is 2. The van der Waals surface area contributed by atoms with Crippen LogP contribution >= 0.6 is 27.5 Å². The number of nitrogens with zero attached hydrogens (tertiary/aromatic N) is 4. The van der Waals surface area contributed by atoms with Crippen LogP contribution in [0.2, 0.25) is 5.02 Å². The van der Waals surface area contributed by atoms with Gasteiger partial charge in [-0.05, 0) is 40.5 Å². The number of benzene rings is 1. The third kappa shape index (κ3) is 3.24. The maximum absolute atomic E-state index is 6.64. The molecule has 0 spiro atoms. The smallest absolute Gasteiger partial charge is 0.150 e. The summed E-state index contributed by atoms with van der Waals surface area (Å²) in [5.74, 6) is 1.84. The quantitative estimate of drug-likeness (QED) is 0.438. The highest BCUT2D eigenvalue weighted by molar-refractivity contribution is 9.10. The van der Waals surface area contributed by atoms with E-state index in [-0.39, 0.29) is 5.92 Å². The number of nitrogen functional groups attached to an aromatic ring is 1. The second-order valence-corrected chi connectivity index (χ2v) is 7.89. The van der Waals surface area contributed by atoms with Crippen molar-refractivity contribution in [2.45, 2.75) is 19.8 Å². The minimum Gasteiger partial charge on any atom is -0.496 e. The lowest BCUT2D eigenvalue weighted by Crippen LogP contribution is -2.07. The van der Waals surface area contributed by atoms with Gasteiger partial charge in [-0.25, -0.2) is 9.97 Å². The normalized spacial score (nSPS) is 12.3. The molecule has 3 heterocycles. The number of aromatic nitrogens is 4. The first-order chi connectivity index (χ1) is 13.9. The Kier molecular flexibility index (Phi) is 5.19. The highest BCUT2D eigenvalue weighted by atomic mass is 79.9. The predicted octanol–water partition coefficient (Wildman–Crippen LogP) is 5.26. The first-order valence-corrected chi connectivity index (χ1v) is 10.2. The molecule has 1 atom stereocenters. The highest BCUT2D eigenvalue weighted by Gasteiger charge is 2.25. The van der Waals surface area contributed by atoms with Gasteiger partial charge in [0.25, 0.3) is 0 Å². The summed E-state index contributed by atoms with van der Waals surface area (Å²) in [6, 6.07) is 5.84. The summed E-state index contributed by atoms with van der Waals surface area (Å²) in [5, 5.41) is 0.660. The molecule has 29 heavy (non-hydrogen) atoms. The van der Waals surface area contributed by atoms with Crippen molar-refractivity contribution in [3.8, 4) is 16.9 Å². The van der Waals surface area contributed by atoms with E-state index in [1.165, 1.54) is 0 Å². The van der Waals surface area contributed by atoms with Crippen LogP contribution in [-0.2, 0) is 0 Å². The fourth-order valence-electron chi connectivity index (χ4n) is 3.63. The second kappa shape index (κ2) is 7.65. The fourth-order valence-corrected chi connectivity index (χ4v) is 4.42. The Morgan fingerprint density at radius 2 is 2.10 bits per heavy atom. The molecule has 3 aromatic heterocycles. The van der Waals surface area contributed by atoms with E-state index in [1.54, 1.807) is 19.5 Å². The zero-order chi connectivity index (χ0) is 20.7. The third-order valence-electron chi connectivity index (χ3n) is 5.08. The molecule has 0 saturated carbocycles. The summed E-state index contributed by atoms with van der Waals surface area (Å²) in [4.78, 5) is 13.1. The number of hydrogen-bond acceptors (Lipinski definition) is 5. The Bertz CT molecular complexity index is 1210. The molecule has 2 N–H and O–H groups in total. The van der Waals surface area contributed by atoms with Gasteiger partial charge in [0.1, 0.15) is 21.7 Å². The largest absolute Gasteiger partial charge is 0.496 e. The number of rotatable bonds is 4. The molecule has 0 fully saturated rings. The number of fused-ring (bicyclic) bond motifs is 1. The third-order valence-corrected chi connectivity index (χ3v) is 6.03.